The van der Waals surface area contributed by atoms with Gasteiger partial charge in [0.15, 0.2) is 0 Å². The molecular formula is C11H16N2O5S. The second-order valence-corrected chi connectivity index (χ2v) is 5.96. The van der Waals surface area contributed by atoms with E-state index in [1.165, 1.54) is 13.1 Å². The van der Waals surface area contributed by atoms with Crippen LogP contribution in [0.5, 0.6) is 5.75 Å². The van der Waals surface area contributed by atoms with Gasteiger partial charge >= 0.3 is 5.97 Å². The number of rotatable bonds is 6. The zero-order valence-corrected chi connectivity index (χ0v) is 11.4. The smallest absolute Gasteiger partial charge is 0.339 e. The van der Waals surface area contributed by atoms with Crippen LogP contribution in [-0.2, 0) is 10.0 Å². The van der Waals surface area contributed by atoms with Crippen LogP contribution in [0.2, 0.25) is 0 Å². The highest BCUT2D eigenvalue weighted by atomic mass is 32.2. The van der Waals surface area contributed by atoms with Crippen molar-refractivity contribution in [3.8, 4) is 5.75 Å². The van der Waals surface area contributed by atoms with Gasteiger partial charge in [-0.3, -0.25) is 0 Å². The highest BCUT2D eigenvalue weighted by molar-refractivity contribution is 7.89. The first-order valence-corrected chi connectivity index (χ1v) is 6.92. The van der Waals surface area contributed by atoms with E-state index in [1.54, 1.807) is 7.05 Å². The first-order chi connectivity index (χ1) is 8.80. The summed E-state index contributed by atoms with van der Waals surface area (Å²) in [7, 11) is -0.664. The van der Waals surface area contributed by atoms with E-state index in [9.17, 15) is 18.3 Å². The van der Waals surface area contributed by atoms with Gasteiger partial charge in [-0.05, 0) is 25.2 Å². The van der Waals surface area contributed by atoms with E-state index in [0.717, 1.165) is 16.4 Å². The lowest BCUT2D eigenvalue weighted by Crippen LogP contribution is -2.32. The van der Waals surface area contributed by atoms with Crippen molar-refractivity contribution < 1.29 is 23.4 Å². The van der Waals surface area contributed by atoms with Crippen LogP contribution in [0.4, 0.5) is 0 Å². The van der Waals surface area contributed by atoms with Gasteiger partial charge in [0.1, 0.15) is 11.3 Å². The van der Waals surface area contributed by atoms with Crippen molar-refractivity contribution >= 4 is 16.0 Å². The molecule has 0 aliphatic heterocycles. The van der Waals surface area contributed by atoms with Crippen molar-refractivity contribution in [1.29, 1.82) is 0 Å². The molecule has 19 heavy (non-hydrogen) atoms. The number of carboxylic acids is 1. The van der Waals surface area contributed by atoms with Gasteiger partial charge < -0.3 is 15.5 Å². The minimum Gasteiger partial charge on any atom is -0.507 e. The maximum atomic E-state index is 12.1. The SMILES string of the molecule is CNCCN(C)S(=O)(=O)c1ccc(O)c(C(=O)O)c1. The average molecular weight is 288 g/mol. The Morgan fingerprint density at radius 2 is 2.05 bits per heavy atom. The number of aromatic hydroxyl groups is 1. The van der Waals surface area contributed by atoms with Crippen molar-refractivity contribution in [1.82, 2.24) is 9.62 Å². The fraction of sp³-hybridized carbons (Fsp3) is 0.364. The Balaban J connectivity index is 3.15. The van der Waals surface area contributed by atoms with Gasteiger partial charge in [-0.2, -0.15) is 4.31 Å². The molecule has 0 atom stereocenters. The minimum atomic E-state index is -3.77. The van der Waals surface area contributed by atoms with E-state index in [0.29, 0.717) is 6.54 Å². The predicted molar refractivity (Wildman–Crippen MR) is 68.8 cm³/mol. The van der Waals surface area contributed by atoms with Crippen LogP contribution in [0.1, 0.15) is 10.4 Å². The third kappa shape index (κ3) is 3.43. The molecule has 0 radical (unpaired) electrons. The molecule has 0 spiro atoms. The van der Waals surface area contributed by atoms with Crippen LogP contribution < -0.4 is 5.32 Å². The molecule has 0 amide bonds. The molecule has 0 saturated heterocycles. The highest BCUT2D eigenvalue weighted by Crippen LogP contribution is 2.23. The third-order valence-electron chi connectivity index (χ3n) is 2.58. The zero-order valence-electron chi connectivity index (χ0n) is 10.6. The number of sulfonamides is 1. The normalized spacial score (nSPS) is 11.7. The Bertz CT molecular complexity index is 570. The number of likely N-dealkylation sites (N-methyl/N-ethyl adjacent to an activating group) is 2. The second-order valence-electron chi connectivity index (χ2n) is 3.91. The minimum absolute atomic E-state index is 0.165. The molecule has 7 nitrogen and oxygen atoms in total. The van der Waals surface area contributed by atoms with E-state index in [2.05, 4.69) is 5.32 Å². The molecule has 0 aliphatic carbocycles. The quantitative estimate of drug-likeness (QED) is 0.676. The number of hydrogen-bond donors (Lipinski definition) is 3. The number of aromatic carboxylic acids is 1. The van der Waals surface area contributed by atoms with E-state index in [-0.39, 0.29) is 11.4 Å². The molecule has 106 valence electrons. The van der Waals surface area contributed by atoms with Crippen LogP contribution in [0, 0.1) is 0 Å². The van der Waals surface area contributed by atoms with E-state index < -0.39 is 27.3 Å². The summed E-state index contributed by atoms with van der Waals surface area (Å²) in [6.07, 6.45) is 0. The molecule has 3 N–H and O–H groups in total. The topological polar surface area (TPSA) is 107 Å². The van der Waals surface area contributed by atoms with Crippen LogP contribution in [-0.4, -0.2) is 56.1 Å². The number of benzene rings is 1. The molecule has 1 aromatic carbocycles. The maximum Gasteiger partial charge on any atom is 0.339 e. The van der Waals surface area contributed by atoms with Gasteiger partial charge in [0.2, 0.25) is 10.0 Å². The molecule has 0 heterocycles. The molecule has 0 aromatic heterocycles. The fourth-order valence-electron chi connectivity index (χ4n) is 1.42. The monoisotopic (exact) mass is 288 g/mol. The molecule has 0 bridgehead atoms. The van der Waals surface area contributed by atoms with Crippen LogP contribution in [0.3, 0.4) is 0 Å². The maximum absolute atomic E-state index is 12.1. The van der Waals surface area contributed by atoms with Crippen molar-refractivity contribution in [3.63, 3.8) is 0 Å². The number of hydrogen-bond acceptors (Lipinski definition) is 5. The average Bonchev–Trinajstić information content (AvgIpc) is 2.35. The van der Waals surface area contributed by atoms with Gasteiger partial charge in [0.25, 0.3) is 0 Å². The summed E-state index contributed by atoms with van der Waals surface area (Å²) in [6, 6.07) is 3.18. The largest absolute Gasteiger partial charge is 0.507 e. The highest BCUT2D eigenvalue weighted by Gasteiger charge is 2.22. The molecule has 0 aliphatic rings. The van der Waals surface area contributed by atoms with E-state index in [4.69, 9.17) is 5.11 Å². The van der Waals surface area contributed by atoms with E-state index in [1.807, 2.05) is 0 Å². The second kappa shape index (κ2) is 6.00. The van der Waals surface area contributed by atoms with Crippen molar-refractivity contribution in [2.45, 2.75) is 4.90 Å². The van der Waals surface area contributed by atoms with Gasteiger partial charge in [0.05, 0.1) is 4.90 Å². The molecule has 8 heteroatoms. The Labute approximate surface area is 111 Å². The summed E-state index contributed by atoms with van der Waals surface area (Å²) in [4.78, 5) is 10.7. The van der Waals surface area contributed by atoms with Crippen LogP contribution in [0.15, 0.2) is 23.1 Å². The lowest BCUT2D eigenvalue weighted by molar-refractivity contribution is 0.0693. The standard InChI is InChI=1S/C11H16N2O5S/c1-12-5-6-13(2)19(17,18)8-3-4-10(14)9(7-8)11(15)16/h3-4,7,12,14H,5-6H2,1-2H3,(H,15,16). The lowest BCUT2D eigenvalue weighted by Gasteiger charge is -2.17. The lowest BCUT2D eigenvalue weighted by atomic mass is 10.2. The number of carbonyl (C=O) groups is 1. The fourth-order valence-corrected chi connectivity index (χ4v) is 2.61. The van der Waals surface area contributed by atoms with Gasteiger partial charge in [0, 0.05) is 20.1 Å². The Morgan fingerprint density at radius 1 is 1.42 bits per heavy atom. The Morgan fingerprint density at radius 3 is 2.58 bits per heavy atom. The molecular weight excluding hydrogens is 272 g/mol. The Hall–Kier alpha value is -1.64. The van der Waals surface area contributed by atoms with Crippen molar-refractivity contribution in [2.75, 3.05) is 27.2 Å². The van der Waals surface area contributed by atoms with Crippen molar-refractivity contribution in [2.24, 2.45) is 0 Å². The zero-order chi connectivity index (χ0) is 14.6. The Kier molecular flexibility index (Phi) is 4.87. The van der Waals surface area contributed by atoms with Gasteiger partial charge in [-0.1, -0.05) is 0 Å². The summed E-state index contributed by atoms with van der Waals surface area (Å²) >= 11 is 0. The molecule has 0 unspecified atom stereocenters. The third-order valence-corrected chi connectivity index (χ3v) is 4.44. The summed E-state index contributed by atoms with van der Waals surface area (Å²) < 4.78 is 25.4. The molecule has 1 rings (SSSR count). The summed E-state index contributed by atoms with van der Waals surface area (Å²) in [5, 5.41) is 21.0. The summed E-state index contributed by atoms with van der Waals surface area (Å²) in [6.45, 7) is 0.724. The summed E-state index contributed by atoms with van der Waals surface area (Å²) in [5.41, 5.74) is -0.442. The molecule has 0 fully saturated rings. The number of phenols is 1. The number of nitrogens with one attached hydrogen (secondary N) is 1. The van der Waals surface area contributed by atoms with Crippen LogP contribution in [0.25, 0.3) is 0 Å². The number of carboxylic acid groups (broad SMARTS) is 1. The van der Waals surface area contributed by atoms with Gasteiger partial charge in [-0.15, -0.1) is 0 Å². The van der Waals surface area contributed by atoms with Crippen LogP contribution >= 0.6 is 0 Å². The molecule has 0 saturated carbocycles. The van der Waals surface area contributed by atoms with Crippen molar-refractivity contribution in [3.05, 3.63) is 23.8 Å². The first-order valence-electron chi connectivity index (χ1n) is 5.48. The van der Waals surface area contributed by atoms with Gasteiger partial charge in [-0.25, -0.2) is 13.2 Å². The molecule has 1 aromatic rings. The van der Waals surface area contributed by atoms with E-state index >= 15 is 0 Å². The predicted octanol–water partition coefficient (Wildman–Crippen LogP) is -0.0697. The summed E-state index contributed by atoms with van der Waals surface area (Å²) in [5.74, 6) is -1.85. The first kappa shape index (κ1) is 15.4. The number of nitrogens with zero attached hydrogens (tertiary/aromatic N) is 1.